The third-order valence-electron chi connectivity index (χ3n) is 8.23. The maximum absolute atomic E-state index is 13.9. The van der Waals surface area contributed by atoms with Crippen LogP contribution in [0.5, 0.6) is 0 Å². The Balaban J connectivity index is 1.50. The van der Waals surface area contributed by atoms with E-state index in [1.54, 1.807) is 0 Å². The van der Waals surface area contributed by atoms with Crippen LogP contribution in [0, 0.1) is 17.8 Å². The number of alkyl carbamates (subject to hydrolysis) is 1. The van der Waals surface area contributed by atoms with Gasteiger partial charge < -0.3 is 20.2 Å². The Kier molecular flexibility index (Phi) is 11.8. The number of ether oxygens (including phenoxy) is 1. The number of benzene rings is 3. The van der Waals surface area contributed by atoms with Crippen LogP contribution < -0.4 is 10.6 Å². The second kappa shape index (κ2) is 15.9. The molecule has 0 aromatic heterocycles. The van der Waals surface area contributed by atoms with E-state index in [1.165, 1.54) is 0 Å². The number of ketones is 2. The highest BCUT2D eigenvalue weighted by Gasteiger charge is 2.32. The number of carbonyl (C=O) groups excluding carboxylic acids is 5. The van der Waals surface area contributed by atoms with E-state index in [1.807, 2.05) is 86.6 Å². The molecule has 1 saturated carbocycles. The van der Waals surface area contributed by atoms with Gasteiger partial charge in [0.25, 0.3) is 0 Å². The summed E-state index contributed by atoms with van der Waals surface area (Å²) in [6, 6.07) is 21.2. The first-order chi connectivity index (χ1) is 21.2. The van der Waals surface area contributed by atoms with Crippen molar-refractivity contribution in [1.82, 2.24) is 10.6 Å². The molecule has 44 heavy (non-hydrogen) atoms. The maximum atomic E-state index is 13.9. The largest absolute Gasteiger partial charge is 0.445 e. The molecule has 1 aliphatic carbocycles. The third-order valence-corrected chi connectivity index (χ3v) is 8.23. The van der Waals surface area contributed by atoms with Crippen LogP contribution in [0.1, 0.15) is 63.5 Å². The summed E-state index contributed by atoms with van der Waals surface area (Å²) in [5, 5.41) is 7.55. The Morgan fingerprint density at radius 1 is 0.955 bits per heavy atom. The Morgan fingerprint density at radius 2 is 1.68 bits per heavy atom. The first kappa shape index (κ1) is 32.6. The average Bonchev–Trinajstić information content (AvgIpc) is 3.43. The summed E-state index contributed by atoms with van der Waals surface area (Å²) in [6.07, 6.45) is 2.77. The van der Waals surface area contributed by atoms with Gasteiger partial charge in [0.1, 0.15) is 18.7 Å². The van der Waals surface area contributed by atoms with E-state index >= 15 is 0 Å². The van der Waals surface area contributed by atoms with Gasteiger partial charge >= 0.3 is 6.09 Å². The quantitative estimate of drug-likeness (QED) is 0.215. The zero-order valence-corrected chi connectivity index (χ0v) is 25.5. The smallest absolute Gasteiger partial charge is 0.408 e. The minimum absolute atomic E-state index is 0.0524. The highest BCUT2D eigenvalue weighted by atomic mass is 16.5. The van der Waals surface area contributed by atoms with E-state index in [2.05, 4.69) is 10.6 Å². The Morgan fingerprint density at radius 3 is 2.39 bits per heavy atom. The first-order valence-corrected chi connectivity index (χ1v) is 15.5. The Hall–Kier alpha value is -4.33. The van der Waals surface area contributed by atoms with Gasteiger partial charge in [-0.05, 0) is 53.5 Å². The predicted molar refractivity (Wildman–Crippen MR) is 169 cm³/mol. The van der Waals surface area contributed by atoms with E-state index in [0.29, 0.717) is 19.1 Å². The molecule has 2 amide bonds. The van der Waals surface area contributed by atoms with Crippen molar-refractivity contribution < 1.29 is 28.7 Å². The van der Waals surface area contributed by atoms with E-state index in [0.717, 1.165) is 34.7 Å². The fourth-order valence-electron chi connectivity index (χ4n) is 5.97. The van der Waals surface area contributed by atoms with Crippen LogP contribution in [-0.2, 0) is 36.9 Å². The van der Waals surface area contributed by atoms with Gasteiger partial charge in [0.2, 0.25) is 5.91 Å². The molecule has 3 aromatic carbocycles. The van der Waals surface area contributed by atoms with Crippen LogP contribution in [0.3, 0.4) is 0 Å². The molecule has 0 saturated heterocycles. The molecule has 4 rings (SSSR count). The average molecular weight is 599 g/mol. The topological polar surface area (TPSA) is 119 Å². The molecule has 0 spiro atoms. The van der Waals surface area contributed by atoms with E-state index in [-0.39, 0.29) is 49.3 Å². The van der Waals surface area contributed by atoms with Gasteiger partial charge in [0, 0.05) is 31.1 Å². The van der Waals surface area contributed by atoms with Gasteiger partial charge in [-0.1, -0.05) is 86.6 Å². The van der Waals surface area contributed by atoms with Crippen molar-refractivity contribution in [2.75, 3.05) is 0 Å². The van der Waals surface area contributed by atoms with Gasteiger partial charge in [-0.3, -0.25) is 14.4 Å². The molecule has 8 heteroatoms. The van der Waals surface area contributed by atoms with Gasteiger partial charge in [-0.15, -0.1) is 0 Å². The molecule has 0 radical (unpaired) electrons. The number of Topliss-reactive ketones (excluding diaryl/α,β-unsaturated/α-hetero) is 2. The number of nitrogens with one attached hydrogen (secondary N) is 2. The van der Waals surface area contributed by atoms with Crippen molar-refractivity contribution in [3.05, 3.63) is 83.9 Å². The summed E-state index contributed by atoms with van der Waals surface area (Å²) in [5.74, 6) is -1.41. The van der Waals surface area contributed by atoms with Gasteiger partial charge in [-0.2, -0.15) is 0 Å². The van der Waals surface area contributed by atoms with Crippen molar-refractivity contribution in [2.45, 2.75) is 77.5 Å². The maximum Gasteiger partial charge on any atom is 0.408 e. The van der Waals surface area contributed by atoms with Gasteiger partial charge in [0.05, 0.1) is 12.1 Å². The number of amides is 2. The van der Waals surface area contributed by atoms with Crippen LogP contribution in [0.15, 0.2) is 72.8 Å². The van der Waals surface area contributed by atoms with Crippen molar-refractivity contribution >= 4 is 40.6 Å². The number of hydrogen-bond acceptors (Lipinski definition) is 6. The lowest BCUT2D eigenvalue weighted by molar-refractivity contribution is -0.132. The molecule has 0 heterocycles. The summed E-state index contributed by atoms with van der Waals surface area (Å²) >= 11 is 0. The molecule has 232 valence electrons. The Labute approximate surface area is 258 Å². The molecule has 0 unspecified atom stereocenters. The summed E-state index contributed by atoms with van der Waals surface area (Å²) in [4.78, 5) is 64.3. The van der Waals surface area contributed by atoms with Crippen LogP contribution in [-0.4, -0.2) is 41.9 Å². The highest BCUT2D eigenvalue weighted by Crippen LogP contribution is 2.26. The Bertz CT molecular complexity index is 1450. The lowest BCUT2D eigenvalue weighted by Gasteiger charge is -2.24. The van der Waals surface area contributed by atoms with Crippen molar-refractivity contribution in [3.8, 4) is 0 Å². The molecule has 1 aliphatic rings. The van der Waals surface area contributed by atoms with Crippen molar-refractivity contribution in [3.63, 3.8) is 0 Å². The summed E-state index contributed by atoms with van der Waals surface area (Å²) in [5.41, 5.74) is 1.70. The lowest BCUT2D eigenvalue weighted by atomic mass is 9.87. The zero-order valence-electron chi connectivity index (χ0n) is 25.5. The van der Waals surface area contributed by atoms with E-state index in [4.69, 9.17) is 4.74 Å². The van der Waals surface area contributed by atoms with Gasteiger partial charge in [-0.25, -0.2) is 4.79 Å². The molecule has 4 atom stereocenters. The molecular formula is C36H42N2O6. The molecule has 0 bridgehead atoms. The minimum Gasteiger partial charge on any atom is -0.445 e. The molecule has 8 nitrogen and oxygen atoms in total. The standard InChI is InChI=1S/C36H42N2O6/c1-24(2)18-29(35(42)37-30(22-39)19-28-15-9-17-33(28)40)21-34(41)32(38-36(43)44-23-25-10-4-3-5-11-25)20-27-14-8-13-26-12-6-7-16-31(26)27/h3-8,10-14,16,22,24,28-30,32H,9,15,17-21,23H2,1-2H3,(H,37,42)(H,38,43)/t28-,29+,30-,32-/m0/s1. The zero-order chi connectivity index (χ0) is 31.5. The van der Waals surface area contributed by atoms with Crippen LogP contribution >= 0.6 is 0 Å². The second-order valence-electron chi connectivity index (χ2n) is 12.1. The number of fused-ring (bicyclic) bond motifs is 1. The second-order valence-corrected chi connectivity index (χ2v) is 12.1. The summed E-state index contributed by atoms with van der Waals surface area (Å²) in [6.45, 7) is 3.98. The predicted octanol–water partition coefficient (Wildman–Crippen LogP) is 5.74. The first-order valence-electron chi connectivity index (χ1n) is 15.5. The number of aldehydes is 1. The number of hydrogen-bond donors (Lipinski definition) is 2. The monoisotopic (exact) mass is 598 g/mol. The molecule has 2 N–H and O–H groups in total. The lowest BCUT2D eigenvalue weighted by Crippen LogP contribution is -2.46. The summed E-state index contributed by atoms with van der Waals surface area (Å²) in [7, 11) is 0. The van der Waals surface area contributed by atoms with E-state index < -0.39 is 30.0 Å². The van der Waals surface area contributed by atoms with Crippen LogP contribution in [0.2, 0.25) is 0 Å². The third kappa shape index (κ3) is 9.33. The molecule has 0 aliphatic heterocycles. The van der Waals surface area contributed by atoms with Crippen molar-refractivity contribution in [1.29, 1.82) is 0 Å². The fourth-order valence-corrected chi connectivity index (χ4v) is 5.97. The fraction of sp³-hybridized carbons (Fsp3) is 0.417. The number of carbonyl (C=O) groups is 5. The SMILES string of the molecule is CC(C)C[C@H](CC(=O)[C@H](Cc1cccc2ccccc12)NC(=O)OCc1ccccc1)C(=O)N[C@H](C=O)C[C@@H]1CCCC1=O. The van der Waals surface area contributed by atoms with Crippen molar-refractivity contribution in [2.24, 2.45) is 17.8 Å². The molecular weight excluding hydrogens is 556 g/mol. The van der Waals surface area contributed by atoms with E-state index in [9.17, 15) is 24.0 Å². The van der Waals surface area contributed by atoms with Crippen LogP contribution in [0.25, 0.3) is 10.8 Å². The summed E-state index contributed by atoms with van der Waals surface area (Å²) < 4.78 is 5.44. The molecule has 1 fully saturated rings. The normalized spacial score (nSPS) is 16.7. The van der Waals surface area contributed by atoms with Gasteiger partial charge in [0.15, 0.2) is 5.78 Å². The minimum atomic E-state index is -0.940. The molecule has 3 aromatic rings. The van der Waals surface area contributed by atoms with Crippen LogP contribution in [0.4, 0.5) is 4.79 Å². The number of rotatable bonds is 15. The highest BCUT2D eigenvalue weighted by molar-refractivity contribution is 5.93.